The van der Waals surface area contributed by atoms with Gasteiger partial charge in [0.1, 0.15) is 5.76 Å². The summed E-state index contributed by atoms with van der Waals surface area (Å²) in [6.45, 7) is 5.22. The van der Waals surface area contributed by atoms with Gasteiger partial charge >= 0.3 is 0 Å². The van der Waals surface area contributed by atoms with Gasteiger partial charge in [-0.2, -0.15) is 0 Å². The molecule has 1 fully saturated rings. The lowest BCUT2D eigenvalue weighted by Gasteiger charge is -2.24. The van der Waals surface area contributed by atoms with Gasteiger partial charge in [0, 0.05) is 42.9 Å². The van der Waals surface area contributed by atoms with Gasteiger partial charge in [0.05, 0.1) is 17.5 Å². The summed E-state index contributed by atoms with van der Waals surface area (Å²) >= 11 is 1.73. The molecule has 1 saturated heterocycles. The van der Waals surface area contributed by atoms with E-state index in [1.165, 1.54) is 4.90 Å². The molecule has 0 spiro atoms. The van der Waals surface area contributed by atoms with Gasteiger partial charge in [-0.15, -0.1) is 11.8 Å². The van der Waals surface area contributed by atoms with Crippen molar-refractivity contribution >= 4 is 11.8 Å². The van der Waals surface area contributed by atoms with Crippen LogP contribution in [0.15, 0.2) is 58.0 Å². The first kappa shape index (κ1) is 20.1. The molecule has 0 amide bonds. The molecule has 0 aliphatic carbocycles. The van der Waals surface area contributed by atoms with E-state index in [1.54, 1.807) is 11.8 Å². The Morgan fingerprint density at radius 3 is 2.69 bits per heavy atom. The fourth-order valence-corrected chi connectivity index (χ4v) is 4.03. The van der Waals surface area contributed by atoms with Crippen LogP contribution in [0.3, 0.4) is 0 Å². The second kappa shape index (κ2) is 9.57. The number of hydrogen-bond acceptors (Lipinski definition) is 6. The molecule has 0 radical (unpaired) electrons. The van der Waals surface area contributed by atoms with E-state index in [2.05, 4.69) is 46.5 Å². The van der Waals surface area contributed by atoms with Gasteiger partial charge in [0.2, 0.25) is 5.89 Å². The molecule has 1 aromatic carbocycles. The highest BCUT2D eigenvalue weighted by atomic mass is 32.2. The van der Waals surface area contributed by atoms with Crippen LogP contribution < -0.4 is 0 Å². The summed E-state index contributed by atoms with van der Waals surface area (Å²) in [5, 5.41) is 0. The zero-order chi connectivity index (χ0) is 20.1. The summed E-state index contributed by atoms with van der Waals surface area (Å²) in [5.74, 6) is 1.55. The number of nitrogens with zero attached hydrogens (tertiary/aromatic N) is 3. The molecule has 3 aromatic rings. The zero-order valence-corrected chi connectivity index (χ0v) is 17.8. The molecule has 0 bridgehead atoms. The van der Waals surface area contributed by atoms with Crippen molar-refractivity contribution in [2.24, 2.45) is 0 Å². The van der Waals surface area contributed by atoms with Crippen LogP contribution in [-0.4, -0.2) is 40.4 Å². The lowest BCUT2D eigenvalue weighted by Crippen LogP contribution is -2.32. The first-order chi connectivity index (χ1) is 14.2. The molecule has 6 heteroatoms. The van der Waals surface area contributed by atoms with Gasteiger partial charge in [-0.25, -0.2) is 4.98 Å². The number of ether oxygens (including phenoxy) is 1. The van der Waals surface area contributed by atoms with Crippen LogP contribution in [0.5, 0.6) is 0 Å². The number of rotatable bonds is 8. The quantitative estimate of drug-likeness (QED) is 0.491. The van der Waals surface area contributed by atoms with Crippen molar-refractivity contribution in [1.29, 1.82) is 0 Å². The third-order valence-corrected chi connectivity index (χ3v) is 5.94. The number of aromatic nitrogens is 2. The molecule has 29 heavy (non-hydrogen) atoms. The average Bonchev–Trinajstić information content (AvgIpc) is 3.39. The van der Waals surface area contributed by atoms with Crippen molar-refractivity contribution in [2.75, 3.05) is 19.4 Å². The summed E-state index contributed by atoms with van der Waals surface area (Å²) in [6, 6.07) is 14.4. The van der Waals surface area contributed by atoms with Crippen molar-refractivity contribution in [3.8, 4) is 11.5 Å². The molecule has 152 valence electrons. The standard InChI is InChI=1S/C23H27N3O2S/c1-17-22(25-23(28-17)18-8-10-21(29-2)11-9-18)16-26(15-20-7-5-13-27-20)14-19-6-3-4-12-24-19/h3-4,6,8-12,20H,5,7,13-16H2,1-2H3. The Balaban J connectivity index is 1.51. The first-order valence-corrected chi connectivity index (χ1v) is 11.3. The Kier molecular flexibility index (Phi) is 6.64. The Morgan fingerprint density at radius 2 is 2.00 bits per heavy atom. The van der Waals surface area contributed by atoms with Crippen molar-refractivity contribution in [1.82, 2.24) is 14.9 Å². The van der Waals surface area contributed by atoms with Crippen molar-refractivity contribution in [3.05, 3.63) is 65.8 Å². The summed E-state index contributed by atoms with van der Waals surface area (Å²) in [4.78, 5) is 12.9. The number of benzene rings is 1. The number of aryl methyl sites for hydroxylation is 1. The predicted molar refractivity (Wildman–Crippen MR) is 116 cm³/mol. The van der Waals surface area contributed by atoms with E-state index >= 15 is 0 Å². The van der Waals surface area contributed by atoms with Crippen LogP contribution in [-0.2, 0) is 17.8 Å². The van der Waals surface area contributed by atoms with E-state index < -0.39 is 0 Å². The minimum Gasteiger partial charge on any atom is -0.441 e. The van der Waals surface area contributed by atoms with Crippen LogP contribution in [0.1, 0.15) is 30.0 Å². The molecular formula is C23H27N3O2S. The molecule has 5 nitrogen and oxygen atoms in total. The number of pyridine rings is 1. The molecule has 1 atom stereocenters. The highest BCUT2D eigenvalue weighted by molar-refractivity contribution is 7.98. The smallest absolute Gasteiger partial charge is 0.226 e. The van der Waals surface area contributed by atoms with E-state index in [0.29, 0.717) is 12.4 Å². The number of hydrogen-bond donors (Lipinski definition) is 0. The van der Waals surface area contributed by atoms with Crippen molar-refractivity contribution < 1.29 is 9.15 Å². The molecule has 1 aliphatic heterocycles. The largest absolute Gasteiger partial charge is 0.441 e. The highest BCUT2D eigenvalue weighted by Crippen LogP contribution is 2.26. The predicted octanol–water partition coefficient (Wildman–Crippen LogP) is 4.95. The molecule has 0 N–H and O–H groups in total. The third kappa shape index (κ3) is 5.26. The highest BCUT2D eigenvalue weighted by Gasteiger charge is 2.22. The fourth-order valence-electron chi connectivity index (χ4n) is 3.63. The monoisotopic (exact) mass is 409 g/mol. The van der Waals surface area contributed by atoms with E-state index in [9.17, 15) is 0 Å². The number of thioether (sulfide) groups is 1. The minimum atomic E-state index is 0.282. The Morgan fingerprint density at radius 1 is 1.14 bits per heavy atom. The summed E-state index contributed by atoms with van der Waals surface area (Å²) < 4.78 is 11.9. The van der Waals surface area contributed by atoms with Crippen LogP contribution in [0.25, 0.3) is 11.5 Å². The SMILES string of the molecule is CSc1ccc(-c2nc(CN(Cc3ccccn3)CC3CCCO3)c(C)o2)cc1. The lowest BCUT2D eigenvalue weighted by atomic mass is 10.2. The summed E-state index contributed by atoms with van der Waals surface area (Å²) in [6.07, 6.45) is 6.46. The van der Waals surface area contributed by atoms with Gasteiger partial charge in [-0.1, -0.05) is 6.07 Å². The van der Waals surface area contributed by atoms with E-state index in [4.69, 9.17) is 14.1 Å². The Labute approximate surface area is 176 Å². The van der Waals surface area contributed by atoms with Crippen LogP contribution >= 0.6 is 11.8 Å². The molecule has 2 aromatic heterocycles. The molecule has 1 unspecified atom stereocenters. The summed E-state index contributed by atoms with van der Waals surface area (Å²) in [5.41, 5.74) is 3.04. The maximum Gasteiger partial charge on any atom is 0.226 e. The van der Waals surface area contributed by atoms with Gasteiger partial charge < -0.3 is 9.15 Å². The molecule has 3 heterocycles. The minimum absolute atomic E-state index is 0.282. The average molecular weight is 410 g/mol. The topological polar surface area (TPSA) is 51.4 Å². The van der Waals surface area contributed by atoms with Gasteiger partial charge in [0.15, 0.2) is 0 Å². The zero-order valence-electron chi connectivity index (χ0n) is 17.0. The molecular weight excluding hydrogens is 382 g/mol. The second-order valence-electron chi connectivity index (χ2n) is 7.38. The van der Waals surface area contributed by atoms with Gasteiger partial charge in [0.25, 0.3) is 0 Å². The van der Waals surface area contributed by atoms with Crippen molar-refractivity contribution in [3.63, 3.8) is 0 Å². The van der Waals surface area contributed by atoms with E-state index in [1.807, 2.05) is 25.3 Å². The fraction of sp³-hybridized carbons (Fsp3) is 0.391. The van der Waals surface area contributed by atoms with Crippen LogP contribution in [0, 0.1) is 6.92 Å². The maximum absolute atomic E-state index is 6.00. The second-order valence-corrected chi connectivity index (χ2v) is 8.26. The van der Waals surface area contributed by atoms with Crippen LogP contribution in [0.4, 0.5) is 0 Å². The number of oxazole rings is 1. The first-order valence-electron chi connectivity index (χ1n) is 10.1. The summed E-state index contributed by atoms with van der Waals surface area (Å²) in [7, 11) is 0. The Bertz CT molecular complexity index is 906. The molecule has 4 rings (SSSR count). The maximum atomic E-state index is 6.00. The van der Waals surface area contributed by atoms with Gasteiger partial charge in [-0.3, -0.25) is 9.88 Å². The van der Waals surface area contributed by atoms with Crippen molar-refractivity contribution in [2.45, 2.75) is 43.9 Å². The van der Waals surface area contributed by atoms with E-state index in [-0.39, 0.29) is 6.10 Å². The van der Waals surface area contributed by atoms with E-state index in [0.717, 1.165) is 55.2 Å². The third-order valence-electron chi connectivity index (χ3n) is 5.20. The lowest BCUT2D eigenvalue weighted by molar-refractivity contribution is 0.0669. The Hall–Kier alpha value is -2.15. The van der Waals surface area contributed by atoms with Crippen LogP contribution in [0.2, 0.25) is 0 Å². The van der Waals surface area contributed by atoms with Gasteiger partial charge in [-0.05, 0) is 62.4 Å². The molecule has 1 aliphatic rings. The normalized spacial score (nSPS) is 16.6. The molecule has 0 saturated carbocycles.